The zero-order valence-corrected chi connectivity index (χ0v) is 11.3. The second kappa shape index (κ2) is 5.81. The highest BCUT2D eigenvalue weighted by atomic mass is 35.5. The monoisotopic (exact) mass is 298 g/mol. The third-order valence-electron chi connectivity index (χ3n) is 2.01. The number of aromatic nitrogens is 3. The van der Waals surface area contributed by atoms with Crippen LogP contribution in [0.2, 0.25) is 10.0 Å². The number of oxime groups is 1. The van der Waals surface area contributed by atoms with Crippen molar-refractivity contribution in [2.75, 3.05) is 0 Å². The van der Waals surface area contributed by atoms with Crippen molar-refractivity contribution < 1.29 is 9.63 Å². The lowest BCUT2D eigenvalue weighted by Crippen LogP contribution is -1.99. The molecule has 8 heteroatoms. The average Bonchev–Trinajstić information content (AvgIpc) is 2.81. The fourth-order valence-electron chi connectivity index (χ4n) is 1.22. The maximum absolute atomic E-state index is 10.5. The lowest BCUT2D eigenvalue weighted by Gasteiger charge is -2.00. The van der Waals surface area contributed by atoms with Crippen LogP contribution in [0.15, 0.2) is 29.6 Å². The molecule has 98 valence electrons. The van der Waals surface area contributed by atoms with E-state index in [2.05, 4.69) is 20.2 Å². The number of rotatable bonds is 3. The van der Waals surface area contributed by atoms with E-state index in [9.17, 15) is 4.79 Å². The van der Waals surface area contributed by atoms with Crippen LogP contribution in [0.1, 0.15) is 12.6 Å². The summed E-state index contributed by atoms with van der Waals surface area (Å²) in [6.45, 7) is 1.25. The molecule has 0 saturated heterocycles. The van der Waals surface area contributed by atoms with Crippen LogP contribution < -0.4 is 0 Å². The molecule has 0 aliphatic carbocycles. The first-order valence-corrected chi connectivity index (χ1v) is 5.90. The molecule has 1 heterocycles. The molecule has 0 unspecified atom stereocenters. The van der Waals surface area contributed by atoms with Gasteiger partial charge in [0.1, 0.15) is 5.69 Å². The minimum absolute atomic E-state index is 0.409. The molecular formula is C11H8Cl2N4O2. The van der Waals surface area contributed by atoms with Gasteiger partial charge in [-0.15, -0.1) is 5.10 Å². The number of benzene rings is 1. The molecule has 0 atom stereocenters. The van der Waals surface area contributed by atoms with Crippen molar-refractivity contribution in [1.29, 1.82) is 0 Å². The molecule has 2 rings (SSSR count). The molecule has 0 bridgehead atoms. The quantitative estimate of drug-likeness (QED) is 0.496. The van der Waals surface area contributed by atoms with Gasteiger partial charge in [-0.1, -0.05) is 28.4 Å². The average molecular weight is 299 g/mol. The number of halogens is 2. The Bertz CT molecular complexity index is 639. The number of carbonyl (C=O) groups is 1. The van der Waals surface area contributed by atoms with E-state index >= 15 is 0 Å². The zero-order chi connectivity index (χ0) is 13.8. The molecular weight excluding hydrogens is 291 g/mol. The summed E-state index contributed by atoms with van der Waals surface area (Å²) in [5, 5.41) is 12.4. The normalized spacial score (nSPS) is 10.9. The highest BCUT2D eigenvalue weighted by Crippen LogP contribution is 2.23. The Morgan fingerprint density at radius 3 is 2.89 bits per heavy atom. The van der Waals surface area contributed by atoms with Crippen LogP contribution in [-0.2, 0) is 9.63 Å². The first-order valence-electron chi connectivity index (χ1n) is 5.15. The summed E-state index contributed by atoms with van der Waals surface area (Å²) in [5.74, 6) is -0.506. The van der Waals surface area contributed by atoms with Crippen molar-refractivity contribution >= 4 is 35.4 Å². The summed E-state index contributed by atoms with van der Waals surface area (Å²) in [7, 11) is 0. The summed E-state index contributed by atoms with van der Waals surface area (Å²) in [5.41, 5.74) is 1.09. The topological polar surface area (TPSA) is 69.4 Å². The molecule has 0 aliphatic heterocycles. The number of nitrogens with zero attached hydrogens (tertiary/aromatic N) is 4. The van der Waals surface area contributed by atoms with Gasteiger partial charge >= 0.3 is 5.97 Å². The van der Waals surface area contributed by atoms with Gasteiger partial charge in [-0.05, 0) is 18.2 Å². The van der Waals surface area contributed by atoms with Crippen molar-refractivity contribution in [3.05, 3.63) is 40.1 Å². The smallest absolute Gasteiger partial charge is 0.319 e. The van der Waals surface area contributed by atoms with E-state index in [4.69, 9.17) is 23.2 Å². The Kier molecular flexibility index (Phi) is 4.13. The van der Waals surface area contributed by atoms with E-state index < -0.39 is 5.97 Å². The predicted octanol–water partition coefficient (Wildman–Crippen LogP) is 2.47. The van der Waals surface area contributed by atoms with E-state index in [1.165, 1.54) is 24.1 Å². The summed E-state index contributed by atoms with van der Waals surface area (Å²) in [4.78, 5) is 16.3. The maximum Gasteiger partial charge on any atom is 0.331 e. The van der Waals surface area contributed by atoms with Gasteiger partial charge in [0.2, 0.25) is 0 Å². The molecule has 6 nitrogen and oxygen atoms in total. The second-order valence-corrected chi connectivity index (χ2v) is 4.29. The Morgan fingerprint density at radius 2 is 2.21 bits per heavy atom. The molecule has 0 amide bonds. The predicted molar refractivity (Wildman–Crippen MR) is 70.7 cm³/mol. The second-order valence-electron chi connectivity index (χ2n) is 3.47. The molecule has 1 aromatic heterocycles. The largest absolute Gasteiger partial charge is 0.331 e. The van der Waals surface area contributed by atoms with Crippen molar-refractivity contribution in [1.82, 2.24) is 15.0 Å². The number of carbonyl (C=O) groups excluding carboxylic acids is 1. The van der Waals surface area contributed by atoms with Gasteiger partial charge in [0, 0.05) is 6.92 Å². The van der Waals surface area contributed by atoms with E-state index in [0.29, 0.717) is 21.4 Å². The summed E-state index contributed by atoms with van der Waals surface area (Å²) < 4.78 is 0. The minimum atomic E-state index is -0.506. The van der Waals surface area contributed by atoms with Crippen LogP contribution >= 0.6 is 23.2 Å². The first kappa shape index (κ1) is 13.5. The zero-order valence-electron chi connectivity index (χ0n) is 9.75. The van der Waals surface area contributed by atoms with Crippen molar-refractivity contribution in [3.8, 4) is 5.69 Å². The molecule has 0 radical (unpaired) electrons. The van der Waals surface area contributed by atoms with Gasteiger partial charge in [-0.2, -0.15) is 9.90 Å². The lowest BCUT2D eigenvalue weighted by atomic mass is 10.3. The Hall–Kier alpha value is -1.92. The van der Waals surface area contributed by atoms with Gasteiger partial charge in [-0.25, -0.2) is 4.79 Å². The minimum Gasteiger partial charge on any atom is -0.319 e. The van der Waals surface area contributed by atoms with Crippen LogP contribution in [0, 0.1) is 0 Å². The van der Waals surface area contributed by atoms with E-state index in [-0.39, 0.29) is 0 Å². The molecule has 19 heavy (non-hydrogen) atoms. The Morgan fingerprint density at radius 1 is 1.42 bits per heavy atom. The third-order valence-corrected chi connectivity index (χ3v) is 2.75. The number of hydrogen-bond donors (Lipinski definition) is 0. The van der Waals surface area contributed by atoms with Crippen LogP contribution in [0.3, 0.4) is 0 Å². The fraction of sp³-hybridized carbons (Fsp3) is 0.0909. The van der Waals surface area contributed by atoms with E-state index in [1.54, 1.807) is 18.2 Å². The highest BCUT2D eigenvalue weighted by Gasteiger charge is 2.04. The van der Waals surface area contributed by atoms with Gasteiger partial charge in [-0.3, -0.25) is 0 Å². The molecule has 0 spiro atoms. The molecule has 0 aliphatic rings. The Labute approximate surface area is 118 Å². The fourth-order valence-corrected chi connectivity index (χ4v) is 1.51. The highest BCUT2D eigenvalue weighted by molar-refractivity contribution is 6.42. The van der Waals surface area contributed by atoms with Gasteiger partial charge in [0.05, 0.1) is 28.1 Å². The molecule has 0 fully saturated rings. The molecule has 0 N–H and O–H groups in total. The third kappa shape index (κ3) is 3.52. The van der Waals surface area contributed by atoms with Crippen LogP contribution in [0.5, 0.6) is 0 Å². The van der Waals surface area contributed by atoms with E-state index in [0.717, 1.165) is 0 Å². The number of hydrogen-bond acceptors (Lipinski definition) is 5. The van der Waals surface area contributed by atoms with Gasteiger partial charge in [0.25, 0.3) is 0 Å². The SMILES string of the molecule is CC(=O)O/N=C/c1cnn(-c2ccc(Cl)c(Cl)c2)n1. The van der Waals surface area contributed by atoms with Gasteiger partial charge in [0.15, 0.2) is 0 Å². The summed E-state index contributed by atoms with van der Waals surface area (Å²) >= 11 is 11.7. The van der Waals surface area contributed by atoms with E-state index in [1.807, 2.05) is 0 Å². The first-order chi connectivity index (χ1) is 9.06. The Balaban J connectivity index is 2.18. The van der Waals surface area contributed by atoms with Gasteiger partial charge < -0.3 is 4.84 Å². The summed E-state index contributed by atoms with van der Waals surface area (Å²) in [6, 6.07) is 5.01. The van der Waals surface area contributed by atoms with Crippen molar-refractivity contribution in [3.63, 3.8) is 0 Å². The van der Waals surface area contributed by atoms with Crippen molar-refractivity contribution in [2.45, 2.75) is 6.92 Å². The maximum atomic E-state index is 10.5. The summed E-state index contributed by atoms with van der Waals surface area (Å²) in [6.07, 6.45) is 2.75. The van der Waals surface area contributed by atoms with Crippen LogP contribution in [-0.4, -0.2) is 27.2 Å². The molecule has 0 saturated carbocycles. The molecule has 2 aromatic rings. The van der Waals surface area contributed by atoms with Crippen molar-refractivity contribution in [2.24, 2.45) is 5.16 Å². The molecule has 1 aromatic carbocycles. The standard InChI is InChI=1S/C11H8Cl2N4O2/c1-7(18)19-15-6-8-5-14-17(16-8)9-2-3-10(12)11(13)4-9/h2-6H,1H3/b15-6+. The van der Waals surface area contributed by atoms with Crippen LogP contribution in [0.25, 0.3) is 5.69 Å². The van der Waals surface area contributed by atoms with Crippen LogP contribution in [0.4, 0.5) is 0 Å². The lowest BCUT2D eigenvalue weighted by molar-refractivity contribution is -0.140.